The first kappa shape index (κ1) is 19.5. The highest BCUT2D eigenvalue weighted by Crippen LogP contribution is 2.31. The van der Waals surface area contributed by atoms with Crippen molar-refractivity contribution in [3.8, 4) is 0 Å². The molecule has 0 N–H and O–H groups in total. The van der Waals surface area contributed by atoms with Crippen LogP contribution in [0.1, 0.15) is 42.0 Å². The van der Waals surface area contributed by atoms with E-state index in [-0.39, 0.29) is 10.8 Å². The molecule has 2 aromatic rings. The first-order chi connectivity index (χ1) is 12.9. The van der Waals surface area contributed by atoms with Crippen molar-refractivity contribution >= 4 is 21.6 Å². The fourth-order valence-corrected chi connectivity index (χ4v) is 4.97. The average Bonchev–Trinajstić information content (AvgIpc) is 2.67. The van der Waals surface area contributed by atoms with E-state index in [1.807, 2.05) is 32.9 Å². The Kier molecular flexibility index (Phi) is 5.62. The third-order valence-corrected chi connectivity index (χ3v) is 6.91. The highest BCUT2D eigenvalue weighted by Gasteiger charge is 2.28. The van der Waals surface area contributed by atoms with Crippen LogP contribution in [0.4, 0.5) is 5.69 Å². The zero-order chi connectivity index (χ0) is 19.6. The van der Waals surface area contributed by atoms with Gasteiger partial charge in [0.05, 0.1) is 4.90 Å². The molecule has 0 bridgehead atoms. The lowest BCUT2D eigenvalue weighted by Gasteiger charge is -2.30. The van der Waals surface area contributed by atoms with Crippen molar-refractivity contribution in [3.05, 3.63) is 53.3 Å². The number of pyridine rings is 1. The molecule has 0 aliphatic carbocycles. The second-order valence-electron chi connectivity index (χ2n) is 6.60. The molecule has 0 spiro atoms. The number of aromatic nitrogens is 1. The lowest BCUT2D eigenvalue weighted by molar-refractivity contribution is 0.0980. The summed E-state index contributed by atoms with van der Waals surface area (Å²) in [5, 5.41) is 0. The Labute approximate surface area is 160 Å². The molecule has 1 aliphatic heterocycles. The summed E-state index contributed by atoms with van der Waals surface area (Å²) in [7, 11) is -3.51. The van der Waals surface area contributed by atoms with Gasteiger partial charge in [0.15, 0.2) is 0 Å². The molecule has 0 atom stereocenters. The van der Waals surface area contributed by atoms with E-state index in [9.17, 15) is 13.2 Å². The Balaban J connectivity index is 1.97. The molecular weight excluding hydrogens is 362 g/mol. The number of benzene rings is 1. The van der Waals surface area contributed by atoms with Gasteiger partial charge in [-0.15, -0.1) is 0 Å². The van der Waals surface area contributed by atoms with Crippen molar-refractivity contribution in [2.75, 3.05) is 24.5 Å². The topological polar surface area (TPSA) is 70.6 Å². The zero-order valence-electron chi connectivity index (χ0n) is 16.0. The minimum absolute atomic E-state index is 0.154. The van der Waals surface area contributed by atoms with E-state index < -0.39 is 10.0 Å². The number of fused-ring (bicyclic) bond motifs is 1. The third-order valence-electron chi connectivity index (χ3n) is 4.87. The van der Waals surface area contributed by atoms with Gasteiger partial charge in [-0.3, -0.25) is 4.79 Å². The van der Waals surface area contributed by atoms with Crippen molar-refractivity contribution in [2.24, 2.45) is 0 Å². The number of nitrogens with zero attached hydrogens (tertiary/aromatic N) is 3. The maximum absolute atomic E-state index is 12.9. The van der Waals surface area contributed by atoms with Crippen LogP contribution in [0.15, 0.2) is 41.3 Å². The molecule has 0 unspecified atom stereocenters. The van der Waals surface area contributed by atoms with Gasteiger partial charge in [0, 0.05) is 31.0 Å². The lowest BCUT2D eigenvalue weighted by Crippen LogP contribution is -2.36. The van der Waals surface area contributed by atoms with Crippen LogP contribution in [0.2, 0.25) is 0 Å². The predicted molar refractivity (Wildman–Crippen MR) is 106 cm³/mol. The predicted octanol–water partition coefficient (Wildman–Crippen LogP) is 3.01. The van der Waals surface area contributed by atoms with Crippen LogP contribution >= 0.6 is 0 Å². The molecule has 0 radical (unpaired) electrons. The zero-order valence-corrected chi connectivity index (χ0v) is 16.8. The fourth-order valence-electron chi connectivity index (χ4n) is 3.46. The molecule has 144 valence electrons. The summed E-state index contributed by atoms with van der Waals surface area (Å²) in [6.07, 6.45) is 1.54. The van der Waals surface area contributed by atoms with Crippen molar-refractivity contribution in [1.82, 2.24) is 9.29 Å². The SMILES string of the molecule is CCN(CC)S(=O)(=O)c1ccc2c(c1)CCCN2C(=O)c1cccc(C)n1. The smallest absolute Gasteiger partial charge is 0.276 e. The van der Waals surface area contributed by atoms with Crippen LogP contribution in [0.3, 0.4) is 0 Å². The molecule has 1 aliphatic rings. The summed E-state index contributed by atoms with van der Waals surface area (Å²) < 4.78 is 27.0. The summed E-state index contributed by atoms with van der Waals surface area (Å²) in [6, 6.07) is 10.4. The van der Waals surface area contributed by atoms with E-state index in [0.717, 1.165) is 29.8 Å². The second kappa shape index (κ2) is 7.78. The van der Waals surface area contributed by atoms with Gasteiger partial charge in [-0.1, -0.05) is 19.9 Å². The summed E-state index contributed by atoms with van der Waals surface area (Å²) in [6.45, 7) is 6.97. The Hall–Kier alpha value is -2.25. The number of amides is 1. The van der Waals surface area contributed by atoms with E-state index in [1.54, 1.807) is 29.2 Å². The van der Waals surface area contributed by atoms with E-state index in [1.165, 1.54) is 4.31 Å². The number of hydrogen-bond donors (Lipinski definition) is 0. The van der Waals surface area contributed by atoms with Crippen LogP contribution in [0, 0.1) is 6.92 Å². The molecule has 3 rings (SSSR count). The summed E-state index contributed by atoms with van der Waals surface area (Å²) in [4.78, 5) is 19.3. The van der Waals surface area contributed by atoms with Crippen molar-refractivity contribution in [1.29, 1.82) is 0 Å². The lowest BCUT2D eigenvalue weighted by atomic mass is 10.0. The molecule has 0 saturated carbocycles. The largest absolute Gasteiger partial charge is 0.307 e. The third kappa shape index (κ3) is 3.75. The van der Waals surface area contributed by atoms with Gasteiger partial charge < -0.3 is 4.90 Å². The van der Waals surface area contributed by atoms with Crippen molar-refractivity contribution in [2.45, 2.75) is 38.5 Å². The van der Waals surface area contributed by atoms with Gasteiger partial charge in [0.1, 0.15) is 5.69 Å². The average molecular weight is 388 g/mol. The van der Waals surface area contributed by atoms with Gasteiger partial charge in [0.25, 0.3) is 5.91 Å². The standard InChI is InChI=1S/C20H25N3O3S/c1-4-22(5-2)27(25,26)17-11-12-19-16(14-17)9-7-13-23(19)20(24)18-10-6-8-15(3)21-18/h6,8,10-12,14H,4-5,7,9,13H2,1-3H3. The fraction of sp³-hybridized carbons (Fsp3) is 0.400. The number of rotatable bonds is 5. The van der Waals surface area contributed by atoms with Gasteiger partial charge >= 0.3 is 0 Å². The van der Waals surface area contributed by atoms with Crippen LogP contribution in [-0.2, 0) is 16.4 Å². The molecule has 1 aromatic carbocycles. The molecule has 6 nitrogen and oxygen atoms in total. The Morgan fingerprint density at radius 2 is 1.93 bits per heavy atom. The first-order valence-electron chi connectivity index (χ1n) is 9.27. The molecule has 27 heavy (non-hydrogen) atoms. The quantitative estimate of drug-likeness (QED) is 0.791. The minimum atomic E-state index is -3.51. The molecule has 1 amide bonds. The van der Waals surface area contributed by atoms with Gasteiger partial charge in [-0.05, 0) is 55.7 Å². The molecule has 1 aromatic heterocycles. The maximum Gasteiger partial charge on any atom is 0.276 e. The monoisotopic (exact) mass is 387 g/mol. The van der Waals surface area contributed by atoms with Gasteiger partial charge in [-0.25, -0.2) is 13.4 Å². The molecule has 0 fully saturated rings. The number of anilines is 1. The van der Waals surface area contributed by atoms with Crippen LogP contribution < -0.4 is 4.90 Å². The van der Waals surface area contributed by atoms with E-state index in [0.29, 0.717) is 25.3 Å². The van der Waals surface area contributed by atoms with Crippen LogP contribution in [0.5, 0.6) is 0 Å². The van der Waals surface area contributed by atoms with Gasteiger partial charge in [-0.2, -0.15) is 4.31 Å². The van der Waals surface area contributed by atoms with Gasteiger partial charge in [0.2, 0.25) is 10.0 Å². The van der Waals surface area contributed by atoms with Crippen molar-refractivity contribution in [3.63, 3.8) is 0 Å². The van der Waals surface area contributed by atoms with E-state index in [4.69, 9.17) is 0 Å². The highest BCUT2D eigenvalue weighted by atomic mass is 32.2. The Bertz CT molecular complexity index is 953. The minimum Gasteiger partial charge on any atom is -0.307 e. The summed E-state index contributed by atoms with van der Waals surface area (Å²) >= 11 is 0. The normalized spacial score (nSPS) is 14.3. The number of hydrogen-bond acceptors (Lipinski definition) is 4. The van der Waals surface area contributed by atoms with Crippen LogP contribution in [0.25, 0.3) is 0 Å². The molecule has 7 heteroatoms. The number of carbonyl (C=O) groups excluding carboxylic acids is 1. The number of aryl methyl sites for hydroxylation is 2. The number of sulfonamides is 1. The second-order valence-corrected chi connectivity index (χ2v) is 8.54. The molecular formula is C20H25N3O3S. The van der Waals surface area contributed by atoms with Crippen molar-refractivity contribution < 1.29 is 13.2 Å². The summed E-state index contributed by atoms with van der Waals surface area (Å²) in [5.41, 5.74) is 2.85. The Morgan fingerprint density at radius 3 is 2.59 bits per heavy atom. The maximum atomic E-state index is 12.9. The molecule has 0 saturated heterocycles. The first-order valence-corrected chi connectivity index (χ1v) is 10.7. The van der Waals surface area contributed by atoms with Crippen LogP contribution in [-0.4, -0.2) is 43.2 Å². The van der Waals surface area contributed by atoms with E-state index in [2.05, 4.69) is 4.98 Å². The number of carbonyl (C=O) groups is 1. The molecule has 2 heterocycles. The highest BCUT2D eigenvalue weighted by molar-refractivity contribution is 7.89. The summed E-state index contributed by atoms with van der Waals surface area (Å²) in [5.74, 6) is -0.154. The Morgan fingerprint density at radius 1 is 1.19 bits per heavy atom. The van der Waals surface area contributed by atoms with E-state index >= 15 is 0 Å².